The summed E-state index contributed by atoms with van der Waals surface area (Å²) in [5.41, 5.74) is 0.663. The molecule has 0 spiro atoms. The fourth-order valence-electron chi connectivity index (χ4n) is 2.08. The normalized spacial score (nSPS) is 11.4. The SMILES string of the molecule is CC(C)(O)c1nc(-c2ccccc2)nc(-c2ccccc2)n1. The summed E-state index contributed by atoms with van der Waals surface area (Å²) in [4.78, 5) is 13.4. The highest BCUT2D eigenvalue weighted by molar-refractivity contribution is 5.60. The van der Waals surface area contributed by atoms with Gasteiger partial charge in [0, 0.05) is 11.1 Å². The van der Waals surface area contributed by atoms with E-state index in [4.69, 9.17) is 0 Å². The number of aromatic nitrogens is 3. The van der Waals surface area contributed by atoms with Gasteiger partial charge in [0.05, 0.1) is 0 Å². The second kappa shape index (κ2) is 5.66. The first kappa shape index (κ1) is 14.4. The Morgan fingerprint density at radius 2 is 1.09 bits per heavy atom. The van der Waals surface area contributed by atoms with Crippen LogP contribution in [0.3, 0.4) is 0 Å². The summed E-state index contributed by atoms with van der Waals surface area (Å²) >= 11 is 0. The molecule has 0 aliphatic heterocycles. The van der Waals surface area contributed by atoms with E-state index in [0.717, 1.165) is 11.1 Å². The van der Waals surface area contributed by atoms with Crippen LogP contribution in [0.25, 0.3) is 22.8 Å². The smallest absolute Gasteiger partial charge is 0.164 e. The number of hydrogen-bond donors (Lipinski definition) is 1. The molecule has 0 saturated carbocycles. The fraction of sp³-hybridized carbons (Fsp3) is 0.167. The minimum absolute atomic E-state index is 0.361. The first-order valence-corrected chi connectivity index (χ1v) is 7.14. The second-order valence-electron chi connectivity index (χ2n) is 5.60. The number of benzene rings is 2. The van der Waals surface area contributed by atoms with Crippen molar-refractivity contribution in [1.29, 1.82) is 0 Å². The molecule has 0 fully saturated rings. The molecule has 1 N–H and O–H groups in total. The Balaban J connectivity index is 2.19. The molecule has 0 saturated heterocycles. The summed E-state index contributed by atoms with van der Waals surface area (Å²) in [5, 5.41) is 10.3. The van der Waals surface area contributed by atoms with Crippen molar-refractivity contribution >= 4 is 0 Å². The van der Waals surface area contributed by atoms with Crippen LogP contribution in [0.4, 0.5) is 0 Å². The van der Waals surface area contributed by atoms with Crippen molar-refractivity contribution in [2.75, 3.05) is 0 Å². The zero-order valence-corrected chi connectivity index (χ0v) is 12.6. The van der Waals surface area contributed by atoms with E-state index in [1.807, 2.05) is 60.7 Å². The molecule has 0 bridgehead atoms. The molecule has 3 rings (SSSR count). The van der Waals surface area contributed by atoms with E-state index in [0.29, 0.717) is 17.5 Å². The van der Waals surface area contributed by atoms with Crippen molar-refractivity contribution in [3.63, 3.8) is 0 Å². The molecular weight excluding hydrogens is 274 g/mol. The Labute approximate surface area is 129 Å². The second-order valence-corrected chi connectivity index (χ2v) is 5.60. The molecule has 1 heterocycles. The first-order chi connectivity index (χ1) is 10.5. The maximum atomic E-state index is 10.3. The summed E-state index contributed by atoms with van der Waals surface area (Å²) in [7, 11) is 0. The number of hydrogen-bond acceptors (Lipinski definition) is 4. The highest BCUT2D eigenvalue weighted by Crippen LogP contribution is 2.24. The zero-order valence-electron chi connectivity index (χ0n) is 12.6. The van der Waals surface area contributed by atoms with E-state index < -0.39 is 5.60 Å². The average Bonchev–Trinajstić information content (AvgIpc) is 2.55. The third-order valence-corrected chi connectivity index (χ3v) is 3.25. The Hall–Kier alpha value is -2.59. The van der Waals surface area contributed by atoms with E-state index in [-0.39, 0.29) is 0 Å². The van der Waals surface area contributed by atoms with Crippen molar-refractivity contribution < 1.29 is 5.11 Å². The maximum absolute atomic E-state index is 10.3. The molecule has 0 amide bonds. The van der Waals surface area contributed by atoms with Gasteiger partial charge in [0.1, 0.15) is 5.60 Å². The molecule has 0 radical (unpaired) electrons. The van der Waals surface area contributed by atoms with Gasteiger partial charge in [-0.1, -0.05) is 60.7 Å². The zero-order chi connectivity index (χ0) is 15.6. The molecule has 22 heavy (non-hydrogen) atoms. The lowest BCUT2D eigenvalue weighted by Crippen LogP contribution is -2.21. The van der Waals surface area contributed by atoms with Crippen molar-refractivity contribution in [3.05, 3.63) is 66.5 Å². The number of aliphatic hydroxyl groups is 1. The minimum atomic E-state index is -1.13. The van der Waals surface area contributed by atoms with Gasteiger partial charge in [-0.05, 0) is 13.8 Å². The summed E-state index contributed by atoms with van der Waals surface area (Å²) in [6, 6.07) is 19.4. The molecule has 0 aliphatic rings. The molecule has 3 aromatic rings. The highest BCUT2D eigenvalue weighted by Gasteiger charge is 2.22. The van der Waals surface area contributed by atoms with Crippen LogP contribution < -0.4 is 0 Å². The molecule has 0 unspecified atom stereocenters. The summed E-state index contributed by atoms with van der Waals surface area (Å²) in [5.74, 6) is 1.48. The van der Waals surface area contributed by atoms with Crippen LogP contribution in [0.1, 0.15) is 19.7 Å². The van der Waals surface area contributed by atoms with Gasteiger partial charge in [0.25, 0.3) is 0 Å². The molecule has 1 aromatic heterocycles. The van der Waals surface area contributed by atoms with Gasteiger partial charge in [-0.15, -0.1) is 0 Å². The van der Waals surface area contributed by atoms with Crippen LogP contribution in [-0.2, 0) is 5.60 Å². The molecule has 0 aliphatic carbocycles. The van der Waals surface area contributed by atoms with Crippen LogP contribution in [0, 0.1) is 0 Å². The lowest BCUT2D eigenvalue weighted by atomic mass is 10.1. The fourth-order valence-corrected chi connectivity index (χ4v) is 2.08. The maximum Gasteiger partial charge on any atom is 0.164 e. The van der Waals surface area contributed by atoms with E-state index in [1.54, 1.807) is 13.8 Å². The van der Waals surface area contributed by atoms with Gasteiger partial charge in [0.2, 0.25) is 0 Å². The number of nitrogens with zero attached hydrogens (tertiary/aromatic N) is 3. The first-order valence-electron chi connectivity index (χ1n) is 7.14. The van der Waals surface area contributed by atoms with Gasteiger partial charge < -0.3 is 5.11 Å². The molecule has 2 aromatic carbocycles. The third-order valence-electron chi connectivity index (χ3n) is 3.25. The standard InChI is InChI=1S/C18H17N3O/c1-18(2,22)17-20-15(13-9-5-3-6-10-13)19-16(21-17)14-11-7-4-8-12-14/h3-12,22H,1-2H3. The predicted molar refractivity (Wildman–Crippen MR) is 85.9 cm³/mol. The van der Waals surface area contributed by atoms with Crippen LogP contribution in [-0.4, -0.2) is 20.1 Å². The largest absolute Gasteiger partial charge is 0.382 e. The van der Waals surface area contributed by atoms with Gasteiger partial charge in [-0.3, -0.25) is 0 Å². The minimum Gasteiger partial charge on any atom is -0.382 e. The van der Waals surface area contributed by atoms with Gasteiger partial charge in [0.15, 0.2) is 17.5 Å². The Bertz CT molecular complexity index is 708. The number of rotatable bonds is 3. The van der Waals surface area contributed by atoms with Crippen molar-refractivity contribution in [3.8, 4) is 22.8 Å². The van der Waals surface area contributed by atoms with E-state index in [2.05, 4.69) is 15.0 Å². The Morgan fingerprint density at radius 3 is 1.45 bits per heavy atom. The summed E-state index contributed by atoms with van der Waals surface area (Å²) < 4.78 is 0. The lowest BCUT2D eigenvalue weighted by Gasteiger charge is -2.17. The topological polar surface area (TPSA) is 58.9 Å². The Kier molecular flexibility index (Phi) is 3.69. The molecule has 0 atom stereocenters. The lowest BCUT2D eigenvalue weighted by molar-refractivity contribution is 0.0687. The van der Waals surface area contributed by atoms with E-state index in [1.165, 1.54) is 0 Å². The Morgan fingerprint density at radius 1 is 0.682 bits per heavy atom. The quantitative estimate of drug-likeness (QED) is 0.803. The summed E-state index contributed by atoms with van der Waals surface area (Å²) in [6.45, 7) is 3.34. The molecule has 4 heteroatoms. The van der Waals surface area contributed by atoms with Crippen LogP contribution in [0.2, 0.25) is 0 Å². The van der Waals surface area contributed by atoms with Crippen molar-refractivity contribution in [1.82, 2.24) is 15.0 Å². The van der Waals surface area contributed by atoms with E-state index >= 15 is 0 Å². The molecule has 4 nitrogen and oxygen atoms in total. The highest BCUT2D eigenvalue weighted by atomic mass is 16.3. The third kappa shape index (κ3) is 3.02. The van der Waals surface area contributed by atoms with E-state index in [9.17, 15) is 5.11 Å². The molecular formula is C18H17N3O. The van der Waals surface area contributed by atoms with Gasteiger partial charge in [-0.2, -0.15) is 0 Å². The monoisotopic (exact) mass is 291 g/mol. The molecule has 110 valence electrons. The van der Waals surface area contributed by atoms with Gasteiger partial charge >= 0.3 is 0 Å². The predicted octanol–water partition coefficient (Wildman–Crippen LogP) is 3.43. The van der Waals surface area contributed by atoms with Gasteiger partial charge in [-0.25, -0.2) is 15.0 Å². The van der Waals surface area contributed by atoms with Crippen molar-refractivity contribution in [2.45, 2.75) is 19.4 Å². The van der Waals surface area contributed by atoms with Crippen LogP contribution in [0.15, 0.2) is 60.7 Å². The average molecular weight is 291 g/mol. The van der Waals surface area contributed by atoms with Crippen LogP contribution in [0.5, 0.6) is 0 Å². The van der Waals surface area contributed by atoms with Crippen LogP contribution >= 0.6 is 0 Å². The summed E-state index contributed by atoms with van der Waals surface area (Å²) in [6.07, 6.45) is 0. The van der Waals surface area contributed by atoms with Crippen molar-refractivity contribution in [2.24, 2.45) is 0 Å².